The van der Waals surface area contributed by atoms with Crippen LogP contribution in [-0.2, 0) is 28.4 Å². The van der Waals surface area contributed by atoms with Gasteiger partial charge >= 0.3 is 0 Å². The number of hydrogen-bond acceptors (Lipinski definition) is 6. The number of aromatic nitrogens is 1. The van der Waals surface area contributed by atoms with Gasteiger partial charge in [-0.3, -0.25) is 14.3 Å². The predicted molar refractivity (Wildman–Crippen MR) is 155 cm³/mol. The molecule has 12 heteroatoms. The molecule has 2 N–H and O–H groups in total. The minimum absolute atomic E-state index is 0.0144. The molecule has 0 spiro atoms. The van der Waals surface area contributed by atoms with Gasteiger partial charge in [-0.15, -0.1) is 4.72 Å². The first-order valence-electron chi connectivity index (χ1n) is 12.4. The second-order valence-electron chi connectivity index (χ2n) is 9.05. The number of anilines is 1. The molecular weight excluding hydrogens is 565 g/mol. The SMILES string of the molecule is CCCC[S@+]([O-])N[C@@H](C)c1cc(=O)n(C)cc1-c1cc(NS(=O)(=O)CC)c(Cl)cc1C(=O)c1ccc(F)cc1. The van der Waals surface area contributed by atoms with Crippen LogP contribution in [0.25, 0.3) is 11.1 Å². The van der Waals surface area contributed by atoms with E-state index in [-0.39, 0.29) is 33.1 Å². The molecule has 0 amide bonds. The van der Waals surface area contributed by atoms with Crippen LogP contribution in [0.1, 0.15) is 61.1 Å². The van der Waals surface area contributed by atoms with Crippen molar-refractivity contribution in [3.05, 3.63) is 86.5 Å². The molecule has 210 valence electrons. The van der Waals surface area contributed by atoms with Gasteiger partial charge in [0.1, 0.15) is 11.6 Å². The van der Waals surface area contributed by atoms with Gasteiger partial charge in [-0.2, -0.15) is 0 Å². The Morgan fingerprint density at radius 1 is 1.15 bits per heavy atom. The van der Waals surface area contributed by atoms with Crippen molar-refractivity contribution in [2.45, 2.75) is 39.7 Å². The number of halogens is 2. The first-order valence-corrected chi connectivity index (χ1v) is 15.7. The Morgan fingerprint density at radius 3 is 2.44 bits per heavy atom. The van der Waals surface area contributed by atoms with Crippen molar-refractivity contribution in [1.29, 1.82) is 0 Å². The van der Waals surface area contributed by atoms with Gasteiger partial charge in [-0.25, -0.2) is 12.8 Å². The lowest BCUT2D eigenvalue weighted by Crippen LogP contribution is -2.31. The highest BCUT2D eigenvalue weighted by Gasteiger charge is 2.25. The molecular formula is C27H31ClFN3O5S2. The molecule has 0 bridgehead atoms. The monoisotopic (exact) mass is 595 g/mol. The molecule has 0 saturated heterocycles. The molecule has 0 unspecified atom stereocenters. The Hall–Kier alpha value is -2.70. The number of carbonyl (C=O) groups excluding carboxylic acids is 1. The molecule has 39 heavy (non-hydrogen) atoms. The predicted octanol–water partition coefficient (Wildman–Crippen LogP) is 4.95. The van der Waals surface area contributed by atoms with E-state index < -0.39 is 39.0 Å². The summed E-state index contributed by atoms with van der Waals surface area (Å²) in [5, 5.41) is -0.0144. The van der Waals surface area contributed by atoms with Gasteiger partial charge < -0.3 is 9.12 Å². The summed E-state index contributed by atoms with van der Waals surface area (Å²) in [4.78, 5) is 26.3. The number of rotatable bonds is 12. The molecule has 0 aliphatic carbocycles. The van der Waals surface area contributed by atoms with Crippen molar-refractivity contribution in [3.8, 4) is 11.1 Å². The molecule has 2 atom stereocenters. The molecule has 0 fully saturated rings. The second kappa shape index (κ2) is 13.1. The van der Waals surface area contributed by atoms with Crippen LogP contribution in [0.2, 0.25) is 5.02 Å². The highest BCUT2D eigenvalue weighted by molar-refractivity contribution is 7.92. The summed E-state index contributed by atoms with van der Waals surface area (Å²) in [5.74, 6) is -0.766. The van der Waals surface area contributed by atoms with E-state index in [1.807, 2.05) is 6.92 Å². The number of unbranched alkanes of at least 4 members (excludes halogenated alkanes) is 1. The average molecular weight is 596 g/mol. The van der Waals surface area contributed by atoms with Crippen molar-refractivity contribution >= 4 is 44.5 Å². The number of ketones is 1. The zero-order valence-corrected chi connectivity index (χ0v) is 24.5. The molecule has 8 nitrogen and oxygen atoms in total. The van der Waals surface area contributed by atoms with Gasteiger partial charge in [0.15, 0.2) is 5.78 Å². The number of nitrogens with one attached hydrogen (secondary N) is 2. The lowest BCUT2D eigenvalue weighted by molar-refractivity contribution is 0.103. The summed E-state index contributed by atoms with van der Waals surface area (Å²) in [6.45, 7) is 5.21. The average Bonchev–Trinajstić information content (AvgIpc) is 2.89. The maximum Gasteiger partial charge on any atom is 0.250 e. The summed E-state index contributed by atoms with van der Waals surface area (Å²) in [7, 11) is -2.17. The number of benzene rings is 2. The molecule has 0 saturated carbocycles. The fraction of sp³-hybridized carbons (Fsp3) is 0.333. The third-order valence-electron chi connectivity index (χ3n) is 6.11. The van der Waals surface area contributed by atoms with E-state index in [1.165, 1.54) is 48.0 Å². The van der Waals surface area contributed by atoms with Crippen LogP contribution in [0.4, 0.5) is 10.1 Å². The van der Waals surface area contributed by atoms with E-state index in [0.29, 0.717) is 22.4 Å². The topological polar surface area (TPSA) is 120 Å². The number of nitrogens with zero attached hydrogens (tertiary/aromatic N) is 1. The number of carbonyl (C=O) groups is 1. The van der Waals surface area contributed by atoms with Crippen LogP contribution in [0, 0.1) is 5.82 Å². The number of sulfonamides is 1. The second-order valence-corrected chi connectivity index (χ2v) is 12.8. The van der Waals surface area contributed by atoms with Crippen molar-refractivity contribution in [2.24, 2.45) is 7.05 Å². The van der Waals surface area contributed by atoms with Crippen molar-refractivity contribution in [3.63, 3.8) is 0 Å². The zero-order chi connectivity index (χ0) is 28.9. The normalized spacial score (nSPS) is 13.2. The lowest BCUT2D eigenvalue weighted by atomic mass is 9.90. The number of aryl methyl sites for hydroxylation is 1. The summed E-state index contributed by atoms with van der Waals surface area (Å²) in [6.07, 6.45) is 3.16. The third kappa shape index (κ3) is 7.70. The molecule has 1 aromatic heterocycles. The quantitative estimate of drug-likeness (QED) is 0.226. The maximum absolute atomic E-state index is 13.6. The van der Waals surface area contributed by atoms with Gasteiger partial charge in [0.05, 0.1) is 22.5 Å². The van der Waals surface area contributed by atoms with Crippen LogP contribution in [-0.4, -0.2) is 34.8 Å². The molecule has 3 aromatic rings. The highest BCUT2D eigenvalue weighted by Crippen LogP contribution is 2.37. The molecule has 0 aliphatic heterocycles. The summed E-state index contributed by atoms with van der Waals surface area (Å²) >= 11 is 5.07. The van der Waals surface area contributed by atoms with Crippen LogP contribution in [0.15, 0.2) is 53.5 Å². The van der Waals surface area contributed by atoms with Gasteiger partial charge in [0.2, 0.25) is 10.0 Å². The third-order valence-corrected chi connectivity index (χ3v) is 8.99. The van der Waals surface area contributed by atoms with Gasteiger partial charge in [-0.05, 0) is 67.8 Å². The zero-order valence-electron chi connectivity index (χ0n) is 22.1. The standard InChI is InChI=1S/C27H31ClFN3O5S2/c1-5-7-12-38(35)30-17(3)20-15-26(33)32(4)16-23(20)21-14-25(31-39(36,37)6-2)24(28)13-22(21)27(34)18-8-10-19(29)11-9-18/h8-11,13-17,30-31H,5-7,12H2,1-4H3/t17-,38-/m0/s1. The lowest BCUT2D eigenvalue weighted by Gasteiger charge is -2.22. The van der Waals surface area contributed by atoms with Crippen LogP contribution in [0.3, 0.4) is 0 Å². The largest absolute Gasteiger partial charge is 0.598 e. The van der Waals surface area contributed by atoms with Gasteiger partial charge in [0.25, 0.3) is 5.56 Å². The van der Waals surface area contributed by atoms with Gasteiger partial charge in [-0.1, -0.05) is 24.9 Å². The van der Waals surface area contributed by atoms with Crippen LogP contribution < -0.4 is 15.0 Å². The van der Waals surface area contributed by atoms with Crippen molar-refractivity contribution < 1.29 is 22.2 Å². The van der Waals surface area contributed by atoms with E-state index >= 15 is 0 Å². The smallest absolute Gasteiger partial charge is 0.250 e. The van der Waals surface area contributed by atoms with E-state index in [9.17, 15) is 27.0 Å². The van der Waals surface area contributed by atoms with Crippen LogP contribution >= 0.6 is 11.6 Å². The molecule has 1 heterocycles. The number of pyridine rings is 1. The Labute approximate surface area is 236 Å². The molecule has 0 aliphatic rings. The Kier molecular flexibility index (Phi) is 10.4. The summed E-state index contributed by atoms with van der Waals surface area (Å²) in [5.41, 5.74) is 1.22. The minimum Gasteiger partial charge on any atom is -0.598 e. The Bertz CT molecular complexity index is 1510. The number of hydrogen-bond donors (Lipinski definition) is 2. The maximum atomic E-state index is 13.6. The van der Waals surface area contributed by atoms with E-state index in [4.69, 9.17) is 11.6 Å². The first-order chi connectivity index (χ1) is 18.4. The van der Waals surface area contributed by atoms with Crippen molar-refractivity contribution in [1.82, 2.24) is 9.29 Å². The van der Waals surface area contributed by atoms with Crippen LogP contribution in [0.5, 0.6) is 0 Å². The fourth-order valence-electron chi connectivity index (χ4n) is 3.88. The van der Waals surface area contributed by atoms with E-state index in [2.05, 4.69) is 9.44 Å². The fourth-order valence-corrected chi connectivity index (χ4v) is 5.99. The Balaban J connectivity index is 2.26. The summed E-state index contributed by atoms with van der Waals surface area (Å²) < 4.78 is 57.6. The Morgan fingerprint density at radius 2 is 1.82 bits per heavy atom. The molecule has 0 radical (unpaired) electrons. The minimum atomic E-state index is -3.72. The van der Waals surface area contributed by atoms with E-state index in [0.717, 1.165) is 25.0 Å². The molecule has 2 aromatic carbocycles. The highest BCUT2D eigenvalue weighted by atomic mass is 35.5. The van der Waals surface area contributed by atoms with E-state index in [1.54, 1.807) is 14.0 Å². The summed E-state index contributed by atoms with van der Waals surface area (Å²) in [6, 6.07) is 8.62. The van der Waals surface area contributed by atoms with Gasteiger partial charge in [0, 0.05) is 47.4 Å². The van der Waals surface area contributed by atoms with Crippen molar-refractivity contribution in [2.75, 3.05) is 16.2 Å². The molecule has 3 rings (SSSR count). The first kappa shape index (κ1) is 30.8.